The van der Waals surface area contributed by atoms with Crippen molar-refractivity contribution in [1.82, 2.24) is 5.43 Å². The van der Waals surface area contributed by atoms with Crippen molar-refractivity contribution in [2.45, 2.75) is 25.8 Å². The van der Waals surface area contributed by atoms with Crippen molar-refractivity contribution in [3.8, 4) is 0 Å². The molecule has 0 aliphatic heterocycles. The van der Waals surface area contributed by atoms with Crippen molar-refractivity contribution in [3.05, 3.63) is 56.2 Å². The minimum Gasteiger partial charge on any atom is -0.271 e. The van der Waals surface area contributed by atoms with E-state index in [-0.39, 0.29) is 6.04 Å². The minimum atomic E-state index is 0.266. The molecular formula is C14H17BrN2S. The van der Waals surface area contributed by atoms with E-state index >= 15 is 0 Å². The number of hydrogen-bond donors (Lipinski definition) is 2. The molecule has 1 aromatic carbocycles. The molecule has 18 heavy (non-hydrogen) atoms. The molecule has 1 aromatic heterocycles. The second-order valence-corrected chi connectivity index (χ2v) is 6.31. The minimum absolute atomic E-state index is 0.266. The van der Waals surface area contributed by atoms with Crippen LogP contribution in [0.15, 0.2) is 40.2 Å². The smallest absolute Gasteiger partial charge is 0.0314 e. The van der Waals surface area contributed by atoms with Gasteiger partial charge >= 0.3 is 0 Å². The van der Waals surface area contributed by atoms with Gasteiger partial charge < -0.3 is 0 Å². The van der Waals surface area contributed by atoms with Crippen LogP contribution in [0.5, 0.6) is 0 Å². The number of aryl methyl sites for hydroxylation is 1. The fourth-order valence-electron chi connectivity index (χ4n) is 2.01. The predicted octanol–water partition coefficient (Wildman–Crippen LogP) is 3.44. The summed E-state index contributed by atoms with van der Waals surface area (Å²) in [5, 5.41) is 2.10. The van der Waals surface area contributed by atoms with Crippen LogP contribution in [-0.4, -0.2) is 6.04 Å². The molecule has 0 aliphatic rings. The largest absolute Gasteiger partial charge is 0.271 e. The molecule has 0 fully saturated rings. The van der Waals surface area contributed by atoms with Gasteiger partial charge in [0.05, 0.1) is 0 Å². The lowest BCUT2D eigenvalue weighted by Gasteiger charge is -2.15. The van der Waals surface area contributed by atoms with Gasteiger partial charge in [-0.25, -0.2) is 0 Å². The molecule has 0 radical (unpaired) electrons. The average Bonchev–Trinajstić information content (AvgIpc) is 2.74. The molecule has 0 amide bonds. The molecule has 1 atom stereocenters. The number of hydrogen-bond acceptors (Lipinski definition) is 3. The number of nitrogens with two attached hydrogens (primary N) is 1. The van der Waals surface area contributed by atoms with Gasteiger partial charge in [-0.3, -0.25) is 11.3 Å². The highest BCUT2D eigenvalue weighted by Crippen LogP contribution is 2.24. The van der Waals surface area contributed by atoms with E-state index in [0.29, 0.717) is 0 Å². The van der Waals surface area contributed by atoms with Gasteiger partial charge in [0.25, 0.3) is 0 Å². The second kappa shape index (κ2) is 6.48. The van der Waals surface area contributed by atoms with Crippen LogP contribution in [0.4, 0.5) is 0 Å². The topological polar surface area (TPSA) is 38.0 Å². The summed E-state index contributed by atoms with van der Waals surface area (Å²) >= 11 is 5.33. The zero-order chi connectivity index (χ0) is 13.0. The van der Waals surface area contributed by atoms with Crippen LogP contribution in [-0.2, 0) is 12.8 Å². The van der Waals surface area contributed by atoms with Gasteiger partial charge in [0.2, 0.25) is 0 Å². The summed E-state index contributed by atoms with van der Waals surface area (Å²) in [7, 11) is 0. The highest BCUT2D eigenvalue weighted by atomic mass is 79.9. The first-order chi connectivity index (χ1) is 8.69. The third-order valence-corrected chi connectivity index (χ3v) is 4.87. The van der Waals surface area contributed by atoms with Gasteiger partial charge in [-0.15, -0.1) is 11.3 Å². The molecule has 3 N–H and O–H groups in total. The Bertz CT molecular complexity index is 510. The quantitative estimate of drug-likeness (QED) is 0.653. The highest BCUT2D eigenvalue weighted by molar-refractivity contribution is 9.10. The number of nitrogens with one attached hydrogen (secondary N) is 1. The Labute approximate surface area is 120 Å². The molecule has 0 saturated carbocycles. The molecule has 0 saturated heterocycles. The monoisotopic (exact) mass is 324 g/mol. The van der Waals surface area contributed by atoms with Crippen molar-refractivity contribution in [2.75, 3.05) is 0 Å². The molecule has 1 unspecified atom stereocenters. The molecule has 2 rings (SSSR count). The molecular weight excluding hydrogens is 308 g/mol. The maximum atomic E-state index is 5.66. The van der Waals surface area contributed by atoms with Crippen LogP contribution >= 0.6 is 27.3 Å². The molecule has 0 aliphatic carbocycles. The summed E-state index contributed by atoms with van der Waals surface area (Å²) in [5.41, 5.74) is 5.54. The molecule has 1 heterocycles. The second-order valence-electron chi connectivity index (χ2n) is 4.45. The zero-order valence-electron chi connectivity index (χ0n) is 10.3. The van der Waals surface area contributed by atoms with Crippen LogP contribution in [0.1, 0.15) is 16.0 Å². The van der Waals surface area contributed by atoms with Gasteiger partial charge in [0.1, 0.15) is 0 Å². The van der Waals surface area contributed by atoms with Crippen LogP contribution in [0.3, 0.4) is 0 Å². The van der Waals surface area contributed by atoms with Crippen LogP contribution in [0.25, 0.3) is 0 Å². The number of hydrazine groups is 1. The van der Waals surface area contributed by atoms with Gasteiger partial charge in [0, 0.05) is 15.4 Å². The molecule has 2 aromatic rings. The lowest BCUT2D eigenvalue weighted by Crippen LogP contribution is -2.38. The van der Waals surface area contributed by atoms with E-state index in [1.165, 1.54) is 20.5 Å². The average molecular weight is 325 g/mol. The number of rotatable bonds is 5. The van der Waals surface area contributed by atoms with Gasteiger partial charge in [-0.1, -0.05) is 29.8 Å². The van der Waals surface area contributed by atoms with E-state index in [1.807, 2.05) is 0 Å². The number of benzene rings is 1. The SMILES string of the molecule is Cc1cccc(CC(Cc2sccc2Br)NN)c1. The van der Waals surface area contributed by atoms with E-state index in [2.05, 4.69) is 64.0 Å². The van der Waals surface area contributed by atoms with Crippen LogP contribution in [0.2, 0.25) is 0 Å². The Morgan fingerprint density at radius 3 is 2.78 bits per heavy atom. The van der Waals surface area contributed by atoms with E-state index in [1.54, 1.807) is 11.3 Å². The first-order valence-electron chi connectivity index (χ1n) is 5.92. The third kappa shape index (κ3) is 3.65. The summed E-state index contributed by atoms with van der Waals surface area (Å²) in [6.45, 7) is 2.12. The summed E-state index contributed by atoms with van der Waals surface area (Å²) in [6.07, 6.45) is 1.89. The molecule has 2 nitrogen and oxygen atoms in total. The van der Waals surface area contributed by atoms with Gasteiger partial charge in [0.15, 0.2) is 0 Å². The summed E-state index contributed by atoms with van der Waals surface area (Å²) in [6, 6.07) is 10.9. The Balaban J connectivity index is 2.04. The Morgan fingerprint density at radius 1 is 1.33 bits per heavy atom. The Hall–Kier alpha value is -0.680. The number of halogens is 1. The Kier molecular flexibility index (Phi) is 4.95. The van der Waals surface area contributed by atoms with E-state index in [9.17, 15) is 0 Å². The Morgan fingerprint density at radius 2 is 2.17 bits per heavy atom. The first kappa shape index (κ1) is 13.7. The van der Waals surface area contributed by atoms with Crippen molar-refractivity contribution < 1.29 is 0 Å². The fraction of sp³-hybridized carbons (Fsp3) is 0.286. The van der Waals surface area contributed by atoms with Crippen LogP contribution in [0, 0.1) is 6.92 Å². The zero-order valence-corrected chi connectivity index (χ0v) is 12.7. The fourth-order valence-corrected chi connectivity index (χ4v) is 3.60. The van der Waals surface area contributed by atoms with Crippen molar-refractivity contribution in [2.24, 2.45) is 5.84 Å². The lowest BCUT2D eigenvalue weighted by atomic mass is 10.0. The predicted molar refractivity (Wildman–Crippen MR) is 81.7 cm³/mol. The van der Waals surface area contributed by atoms with Gasteiger partial charge in [-0.05, 0) is 52.7 Å². The van der Waals surface area contributed by atoms with Gasteiger partial charge in [-0.2, -0.15) is 0 Å². The third-order valence-electron chi connectivity index (χ3n) is 2.92. The summed E-state index contributed by atoms with van der Waals surface area (Å²) in [4.78, 5) is 1.34. The lowest BCUT2D eigenvalue weighted by molar-refractivity contribution is 0.525. The first-order valence-corrected chi connectivity index (χ1v) is 7.60. The number of thiophene rings is 1. The summed E-state index contributed by atoms with van der Waals surface area (Å²) < 4.78 is 1.18. The van der Waals surface area contributed by atoms with E-state index in [0.717, 1.165) is 12.8 Å². The summed E-state index contributed by atoms with van der Waals surface area (Å²) in [5.74, 6) is 5.66. The van der Waals surface area contributed by atoms with Crippen molar-refractivity contribution >= 4 is 27.3 Å². The maximum Gasteiger partial charge on any atom is 0.0314 e. The maximum absolute atomic E-state index is 5.66. The highest BCUT2D eigenvalue weighted by Gasteiger charge is 2.12. The van der Waals surface area contributed by atoms with E-state index in [4.69, 9.17) is 5.84 Å². The van der Waals surface area contributed by atoms with Crippen LogP contribution < -0.4 is 11.3 Å². The van der Waals surface area contributed by atoms with Crippen molar-refractivity contribution in [1.29, 1.82) is 0 Å². The molecule has 4 heteroatoms. The van der Waals surface area contributed by atoms with E-state index < -0.39 is 0 Å². The molecule has 0 spiro atoms. The molecule has 0 bridgehead atoms. The molecule has 96 valence electrons. The normalized spacial score (nSPS) is 12.6. The standard InChI is InChI=1S/C14H17BrN2S/c1-10-3-2-4-11(7-10)8-12(17-16)9-14-13(15)5-6-18-14/h2-7,12,17H,8-9,16H2,1H3. The van der Waals surface area contributed by atoms with Crippen molar-refractivity contribution in [3.63, 3.8) is 0 Å².